The van der Waals surface area contributed by atoms with Crippen molar-refractivity contribution in [1.82, 2.24) is 4.90 Å². The molecule has 0 radical (unpaired) electrons. The molecule has 1 aromatic rings. The number of nitrogens with zero attached hydrogens (tertiary/aromatic N) is 1. The van der Waals surface area contributed by atoms with Crippen LogP contribution in [-0.4, -0.2) is 18.4 Å². The quantitative estimate of drug-likeness (QED) is 0.682. The molecule has 13 heavy (non-hydrogen) atoms. The molecule has 2 nitrogen and oxygen atoms in total. The van der Waals surface area contributed by atoms with Crippen molar-refractivity contribution < 1.29 is 4.79 Å². The number of halogens is 1. The molecule has 0 aromatic heterocycles. The van der Waals surface area contributed by atoms with Gasteiger partial charge >= 0.3 is 0 Å². The summed E-state index contributed by atoms with van der Waals surface area (Å²) in [5.41, 5.74) is 0.971. The molecule has 0 N–H and O–H groups in total. The van der Waals surface area contributed by atoms with Crippen molar-refractivity contribution in [3.8, 4) is 0 Å². The second-order valence-electron chi connectivity index (χ2n) is 2.97. The number of carbonyl (C=O) groups excluding carboxylic acids is 1. The maximum absolute atomic E-state index is 10.5. The third kappa shape index (κ3) is 2.22. The predicted octanol–water partition coefficient (Wildman–Crippen LogP) is 2.49. The van der Waals surface area contributed by atoms with Crippen LogP contribution in [0.25, 0.3) is 0 Å². The molecule has 1 rings (SSSR count). The first-order valence-corrected chi connectivity index (χ1v) is 4.46. The zero-order valence-corrected chi connectivity index (χ0v) is 8.45. The smallest absolute Gasteiger partial charge is 0.209 e. The van der Waals surface area contributed by atoms with E-state index in [0.717, 1.165) is 12.0 Å². The molecule has 0 saturated carbocycles. The number of rotatable bonds is 3. The van der Waals surface area contributed by atoms with E-state index in [4.69, 9.17) is 11.6 Å². The average molecular weight is 198 g/mol. The Kier molecular flexibility index (Phi) is 3.32. The first-order valence-electron chi connectivity index (χ1n) is 4.08. The summed E-state index contributed by atoms with van der Waals surface area (Å²) in [4.78, 5) is 12.1. The van der Waals surface area contributed by atoms with Gasteiger partial charge in [-0.2, -0.15) is 0 Å². The molecule has 0 aliphatic carbocycles. The van der Waals surface area contributed by atoms with Crippen LogP contribution < -0.4 is 0 Å². The van der Waals surface area contributed by atoms with E-state index < -0.39 is 0 Å². The van der Waals surface area contributed by atoms with Crippen LogP contribution in [0.3, 0.4) is 0 Å². The van der Waals surface area contributed by atoms with Gasteiger partial charge in [-0.3, -0.25) is 4.79 Å². The van der Waals surface area contributed by atoms with E-state index in [1.54, 1.807) is 11.9 Å². The van der Waals surface area contributed by atoms with Gasteiger partial charge in [-0.25, -0.2) is 0 Å². The monoisotopic (exact) mass is 197 g/mol. The van der Waals surface area contributed by atoms with E-state index in [-0.39, 0.29) is 6.04 Å². The standard InChI is InChI=1S/C10H12ClNO/c1-8(12(2)7-13)9-5-3-4-6-10(9)11/h3-8H,1-2H3. The summed E-state index contributed by atoms with van der Waals surface area (Å²) < 4.78 is 0. The van der Waals surface area contributed by atoms with E-state index in [1.165, 1.54) is 0 Å². The van der Waals surface area contributed by atoms with Crippen LogP contribution in [0.15, 0.2) is 24.3 Å². The lowest BCUT2D eigenvalue weighted by atomic mass is 10.1. The Morgan fingerprint density at radius 2 is 2.08 bits per heavy atom. The highest BCUT2D eigenvalue weighted by atomic mass is 35.5. The largest absolute Gasteiger partial charge is 0.342 e. The lowest BCUT2D eigenvalue weighted by Gasteiger charge is -2.21. The Labute approximate surface area is 83.1 Å². The Morgan fingerprint density at radius 1 is 1.46 bits per heavy atom. The topological polar surface area (TPSA) is 20.3 Å². The van der Waals surface area contributed by atoms with Crippen LogP contribution in [0.2, 0.25) is 5.02 Å². The zero-order chi connectivity index (χ0) is 9.84. The summed E-state index contributed by atoms with van der Waals surface area (Å²) in [7, 11) is 1.74. The fourth-order valence-electron chi connectivity index (χ4n) is 1.12. The number of carbonyl (C=O) groups is 1. The third-order valence-electron chi connectivity index (χ3n) is 2.13. The molecule has 3 heteroatoms. The van der Waals surface area contributed by atoms with Crippen LogP contribution in [0, 0.1) is 0 Å². The van der Waals surface area contributed by atoms with Gasteiger partial charge in [-0.15, -0.1) is 0 Å². The fraction of sp³-hybridized carbons (Fsp3) is 0.300. The van der Waals surface area contributed by atoms with Gasteiger partial charge in [0, 0.05) is 12.1 Å². The number of amides is 1. The van der Waals surface area contributed by atoms with Gasteiger partial charge in [-0.1, -0.05) is 29.8 Å². The molecule has 70 valence electrons. The molecule has 0 bridgehead atoms. The summed E-state index contributed by atoms with van der Waals surface area (Å²) >= 11 is 5.98. The van der Waals surface area contributed by atoms with Crippen molar-refractivity contribution in [2.24, 2.45) is 0 Å². The second-order valence-corrected chi connectivity index (χ2v) is 3.38. The Bertz CT molecular complexity index is 301. The Balaban J connectivity index is 2.94. The summed E-state index contributed by atoms with van der Waals surface area (Å²) in [5, 5.41) is 0.698. The minimum absolute atomic E-state index is 0.0196. The van der Waals surface area contributed by atoms with Crippen molar-refractivity contribution in [1.29, 1.82) is 0 Å². The normalized spacial score (nSPS) is 12.2. The molecule has 0 fully saturated rings. The average Bonchev–Trinajstić information content (AvgIpc) is 2.16. The van der Waals surface area contributed by atoms with E-state index in [1.807, 2.05) is 31.2 Å². The highest BCUT2D eigenvalue weighted by Crippen LogP contribution is 2.24. The van der Waals surface area contributed by atoms with Crippen molar-refractivity contribution in [3.63, 3.8) is 0 Å². The van der Waals surface area contributed by atoms with Crippen LogP contribution >= 0.6 is 11.6 Å². The summed E-state index contributed by atoms with van der Waals surface area (Å²) in [6.45, 7) is 1.94. The molecule has 0 heterocycles. The maximum atomic E-state index is 10.5. The first kappa shape index (κ1) is 10.1. The molecule has 1 amide bonds. The molecule has 1 aromatic carbocycles. The maximum Gasteiger partial charge on any atom is 0.209 e. The molecular formula is C10H12ClNO. The second kappa shape index (κ2) is 4.28. The molecule has 0 spiro atoms. The highest BCUT2D eigenvalue weighted by Gasteiger charge is 2.11. The first-order chi connectivity index (χ1) is 6.16. The molecular weight excluding hydrogens is 186 g/mol. The summed E-state index contributed by atoms with van der Waals surface area (Å²) in [6, 6.07) is 7.56. The van der Waals surface area contributed by atoms with E-state index in [9.17, 15) is 4.79 Å². The lowest BCUT2D eigenvalue weighted by molar-refractivity contribution is -0.118. The van der Waals surface area contributed by atoms with Gasteiger partial charge < -0.3 is 4.90 Å². The van der Waals surface area contributed by atoms with Gasteiger partial charge in [0.25, 0.3) is 0 Å². The van der Waals surface area contributed by atoms with E-state index in [2.05, 4.69) is 0 Å². The number of hydrogen-bond acceptors (Lipinski definition) is 1. The van der Waals surface area contributed by atoms with Gasteiger partial charge in [0.1, 0.15) is 0 Å². The molecule has 0 aliphatic rings. The van der Waals surface area contributed by atoms with E-state index >= 15 is 0 Å². The van der Waals surface area contributed by atoms with Gasteiger partial charge in [0.05, 0.1) is 6.04 Å². The van der Waals surface area contributed by atoms with E-state index in [0.29, 0.717) is 5.02 Å². The Hall–Kier alpha value is -1.02. The molecule has 0 aliphatic heterocycles. The summed E-state index contributed by atoms with van der Waals surface area (Å²) in [6.07, 6.45) is 0.800. The van der Waals surface area contributed by atoms with Crippen molar-refractivity contribution in [2.75, 3.05) is 7.05 Å². The minimum atomic E-state index is 0.0196. The third-order valence-corrected chi connectivity index (χ3v) is 2.48. The van der Waals surface area contributed by atoms with Crippen LogP contribution in [-0.2, 0) is 4.79 Å². The van der Waals surface area contributed by atoms with Crippen molar-refractivity contribution in [3.05, 3.63) is 34.9 Å². The van der Waals surface area contributed by atoms with Crippen LogP contribution in [0.5, 0.6) is 0 Å². The summed E-state index contributed by atoms with van der Waals surface area (Å²) in [5.74, 6) is 0. The molecule has 1 atom stereocenters. The van der Waals surface area contributed by atoms with Crippen molar-refractivity contribution >= 4 is 18.0 Å². The highest BCUT2D eigenvalue weighted by molar-refractivity contribution is 6.31. The number of benzene rings is 1. The SMILES string of the molecule is CC(c1ccccc1Cl)N(C)C=O. The van der Waals surface area contributed by atoms with Gasteiger partial charge in [0.15, 0.2) is 0 Å². The fourth-order valence-corrected chi connectivity index (χ4v) is 1.42. The zero-order valence-electron chi connectivity index (χ0n) is 7.70. The van der Waals surface area contributed by atoms with Crippen molar-refractivity contribution in [2.45, 2.75) is 13.0 Å². The number of hydrogen-bond donors (Lipinski definition) is 0. The lowest BCUT2D eigenvalue weighted by Crippen LogP contribution is -2.20. The van der Waals surface area contributed by atoms with Gasteiger partial charge in [-0.05, 0) is 18.6 Å². The van der Waals surface area contributed by atoms with Gasteiger partial charge in [0.2, 0.25) is 6.41 Å². The predicted molar refractivity (Wildman–Crippen MR) is 53.7 cm³/mol. The minimum Gasteiger partial charge on any atom is -0.342 e. The Morgan fingerprint density at radius 3 is 2.62 bits per heavy atom. The molecule has 1 unspecified atom stereocenters. The van der Waals surface area contributed by atoms with Crippen LogP contribution in [0.1, 0.15) is 18.5 Å². The van der Waals surface area contributed by atoms with Crippen LogP contribution in [0.4, 0.5) is 0 Å². The molecule has 0 saturated heterocycles.